The van der Waals surface area contributed by atoms with Gasteiger partial charge in [0.25, 0.3) is 0 Å². The Morgan fingerprint density at radius 3 is 2.69 bits per heavy atom. The minimum atomic E-state index is -1.06. The Hall–Kier alpha value is -1.93. The van der Waals surface area contributed by atoms with Crippen molar-refractivity contribution in [3.05, 3.63) is 36.0 Å². The number of carbonyl (C=O) groups is 1. The van der Waals surface area contributed by atoms with Crippen molar-refractivity contribution in [2.75, 3.05) is 19.8 Å². The number of ether oxygens (including phenoxy) is 2. The highest BCUT2D eigenvalue weighted by Gasteiger charge is 2.22. The van der Waals surface area contributed by atoms with E-state index >= 15 is 0 Å². The molecule has 0 spiro atoms. The van der Waals surface area contributed by atoms with E-state index in [9.17, 15) is 15.0 Å². The van der Waals surface area contributed by atoms with Gasteiger partial charge in [-0.3, -0.25) is 10.1 Å². The number of aromatic nitrogens is 1. The van der Waals surface area contributed by atoms with E-state index in [0.717, 1.165) is 16.5 Å². The average molecular weight is 364 g/mol. The second kappa shape index (κ2) is 9.14. The van der Waals surface area contributed by atoms with Gasteiger partial charge in [-0.05, 0) is 38.8 Å². The zero-order valence-electron chi connectivity index (χ0n) is 15.5. The number of para-hydroxylation sites is 1. The van der Waals surface area contributed by atoms with Gasteiger partial charge >= 0.3 is 5.97 Å². The molecular weight excluding hydrogens is 336 g/mol. The lowest BCUT2D eigenvalue weighted by atomic mass is 9.96. The molecule has 1 aromatic heterocycles. The maximum Gasteiger partial charge on any atom is 0.311 e. The van der Waals surface area contributed by atoms with Crippen LogP contribution >= 0.6 is 0 Å². The van der Waals surface area contributed by atoms with Gasteiger partial charge in [0.2, 0.25) is 6.41 Å². The topological polar surface area (TPSA) is 104 Å². The molecule has 2 rings (SSSR count). The highest BCUT2D eigenvalue weighted by molar-refractivity contribution is 5.89. The van der Waals surface area contributed by atoms with Crippen LogP contribution in [0.1, 0.15) is 38.7 Å². The predicted molar refractivity (Wildman–Crippen MR) is 99.0 cm³/mol. The first-order valence-corrected chi connectivity index (χ1v) is 8.74. The monoisotopic (exact) mass is 364 g/mol. The molecule has 26 heavy (non-hydrogen) atoms. The van der Waals surface area contributed by atoms with E-state index in [4.69, 9.17) is 9.47 Å². The van der Waals surface area contributed by atoms with Crippen LogP contribution in [0.15, 0.2) is 30.5 Å². The standard InChI is InChI=1S/C19H28N2O5/c1-19(2,3)26-18(24)20-9-11-25-10-8-14(17(22)23)15-12-21-16-7-5-4-6-13(15)16/h4-7,12,14,18,20-21,24H,8-11H2,1-3H3,(H,22,23). The van der Waals surface area contributed by atoms with E-state index in [1.807, 2.05) is 45.0 Å². The van der Waals surface area contributed by atoms with Crippen LogP contribution in [0, 0.1) is 0 Å². The number of aromatic amines is 1. The molecule has 0 aliphatic carbocycles. The first-order chi connectivity index (χ1) is 12.3. The fourth-order valence-electron chi connectivity index (χ4n) is 2.73. The van der Waals surface area contributed by atoms with E-state index in [1.54, 1.807) is 6.20 Å². The summed E-state index contributed by atoms with van der Waals surface area (Å²) in [5.74, 6) is -1.50. The van der Waals surface area contributed by atoms with Crippen molar-refractivity contribution in [3.63, 3.8) is 0 Å². The van der Waals surface area contributed by atoms with Gasteiger partial charge in [-0.1, -0.05) is 18.2 Å². The number of H-pyrrole nitrogens is 1. The van der Waals surface area contributed by atoms with Crippen LogP contribution in [-0.4, -0.2) is 52.9 Å². The van der Waals surface area contributed by atoms with Gasteiger partial charge < -0.3 is 24.7 Å². The largest absolute Gasteiger partial charge is 0.481 e. The summed E-state index contributed by atoms with van der Waals surface area (Å²) in [6, 6.07) is 7.64. The van der Waals surface area contributed by atoms with Gasteiger partial charge in [-0.25, -0.2) is 0 Å². The zero-order valence-corrected chi connectivity index (χ0v) is 15.5. The van der Waals surface area contributed by atoms with Gasteiger partial charge in [-0.15, -0.1) is 0 Å². The maximum absolute atomic E-state index is 11.7. The number of benzene rings is 1. The van der Waals surface area contributed by atoms with Crippen LogP contribution in [0.2, 0.25) is 0 Å². The van der Waals surface area contributed by atoms with Gasteiger partial charge in [-0.2, -0.15) is 0 Å². The zero-order chi connectivity index (χ0) is 19.2. The first kappa shape index (κ1) is 20.4. The summed E-state index contributed by atoms with van der Waals surface area (Å²) < 4.78 is 10.8. The molecule has 0 aliphatic heterocycles. The molecule has 7 nitrogen and oxygen atoms in total. The molecule has 0 amide bonds. The fourth-order valence-corrected chi connectivity index (χ4v) is 2.73. The number of carboxylic acids is 1. The summed E-state index contributed by atoms with van der Waals surface area (Å²) in [7, 11) is 0. The molecule has 0 radical (unpaired) electrons. The number of fused-ring (bicyclic) bond motifs is 1. The van der Waals surface area contributed by atoms with Gasteiger partial charge in [0.15, 0.2) is 0 Å². The third-order valence-electron chi connectivity index (χ3n) is 3.88. The Labute approximate surface area is 153 Å². The van der Waals surface area contributed by atoms with Gasteiger partial charge in [0.1, 0.15) is 0 Å². The lowest BCUT2D eigenvalue weighted by Crippen LogP contribution is -2.39. The van der Waals surface area contributed by atoms with Crippen molar-refractivity contribution in [1.29, 1.82) is 0 Å². The van der Waals surface area contributed by atoms with Crippen molar-refractivity contribution in [3.8, 4) is 0 Å². The van der Waals surface area contributed by atoms with Crippen molar-refractivity contribution in [1.82, 2.24) is 10.3 Å². The van der Waals surface area contributed by atoms with E-state index in [0.29, 0.717) is 26.2 Å². The summed E-state index contributed by atoms with van der Waals surface area (Å²) in [5, 5.41) is 22.9. The summed E-state index contributed by atoms with van der Waals surface area (Å²) in [6.07, 6.45) is 1.07. The molecule has 2 unspecified atom stereocenters. The van der Waals surface area contributed by atoms with E-state index in [2.05, 4.69) is 10.3 Å². The lowest BCUT2D eigenvalue weighted by molar-refractivity contribution is -0.182. The molecule has 0 saturated heterocycles. The molecule has 2 atom stereocenters. The van der Waals surface area contributed by atoms with Crippen molar-refractivity contribution >= 4 is 16.9 Å². The normalized spacial score (nSPS) is 14.5. The number of aliphatic carboxylic acids is 1. The number of rotatable bonds is 10. The molecule has 4 N–H and O–H groups in total. The molecule has 1 aromatic carbocycles. The molecule has 0 saturated carbocycles. The van der Waals surface area contributed by atoms with Gasteiger partial charge in [0.05, 0.1) is 18.1 Å². The molecule has 7 heteroatoms. The first-order valence-electron chi connectivity index (χ1n) is 8.74. The fraction of sp³-hybridized carbons (Fsp3) is 0.526. The number of aliphatic hydroxyl groups excluding tert-OH is 1. The minimum Gasteiger partial charge on any atom is -0.481 e. The molecule has 1 heterocycles. The minimum absolute atomic E-state index is 0.314. The van der Waals surface area contributed by atoms with Crippen LogP contribution < -0.4 is 5.32 Å². The average Bonchev–Trinajstić information content (AvgIpc) is 2.96. The van der Waals surface area contributed by atoms with Crippen LogP contribution in [0.4, 0.5) is 0 Å². The van der Waals surface area contributed by atoms with E-state index < -0.39 is 23.9 Å². The molecule has 0 fully saturated rings. The summed E-state index contributed by atoms with van der Waals surface area (Å²) in [5.41, 5.74) is 1.25. The third kappa shape index (κ3) is 6.10. The summed E-state index contributed by atoms with van der Waals surface area (Å²) in [6.45, 7) is 6.63. The smallest absolute Gasteiger partial charge is 0.311 e. The Morgan fingerprint density at radius 1 is 1.27 bits per heavy atom. The Morgan fingerprint density at radius 2 is 2.00 bits per heavy atom. The SMILES string of the molecule is CC(C)(C)OC(O)NCCOCCC(C(=O)O)c1c[nH]c2ccccc12. The summed E-state index contributed by atoms with van der Waals surface area (Å²) >= 11 is 0. The highest BCUT2D eigenvalue weighted by Crippen LogP contribution is 2.28. The lowest BCUT2D eigenvalue weighted by Gasteiger charge is -2.24. The maximum atomic E-state index is 11.7. The number of aliphatic hydroxyl groups is 1. The van der Waals surface area contributed by atoms with Crippen LogP contribution in [-0.2, 0) is 14.3 Å². The highest BCUT2D eigenvalue weighted by atomic mass is 16.6. The van der Waals surface area contributed by atoms with Crippen LogP contribution in [0.3, 0.4) is 0 Å². The van der Waals surface area contributed by atoms with Crippen molar-refractivity contribution in [2.45, 2.75) is 45.1 Å². The van der Waals surface area contributed by atoms with Crippen molar-refractivity contribution < 1.29 is 24.5 Å². The van der Waals surface area contributed by atoms with E-state index in [-0.39, 0.29) is 0 Å². The molecule has 0 aliphatic rings. The van der Waals surface area contributed by atoms with E-state index in [1.165, 1.54) is 0 Å². The van der Waals surface area contributed by atoms with Gasteiger partial charge in [0, 0.05) is 30.3 Å². The number of hydrogen-bond donors (Lipinski definition) is 4. The Kier molecular flexibility index (Phi) is 7.16. The second-order valence-corrected chi connectivity index (χ2v) is 7.12. The molecule has 144 valence electrons. The number of nitrogens with one attached hydrogen (secondary N) is 2. The van der Waals surface area contributed by atoms with Crippen LogP contribution in [0.25, 0.3) is 10.9 Å². The Bertz CT molecular complexity index is 707. The second-order valence-electron chi connectivity index (χ2n) is 7.12. The predicted octanol–water partition coefficient (Wildman–Crippen LogP) is 2.42. The molecule has 0 bridgehead atoms. The number of hydrogen-bond acceptors (Lipinski definition) is 5. The Balaban J connectivity index is 1.77. The molecular formula is C19H28N2O5. The summed E-state index contributed by atoms with van der Waals surface area (Å²) in [4.78, 5) is 14.8. The quantitative estimate of drug-likeness (QED) is 0.381. The van der Waals surface area contributed by atoms with Crippen LogP contribution in [0.5, 0.6) is 0 Å². The van der Waals surface area contributed by atoms with Crippen molar-refractivity contribution in [2.24, 2.45) is 0 Å². The molecule has 2 aromatic rings. The third-order valence-corrected chi connectivity index (χ3v) is 3.88. The number of carboxylic acid groups (broad SMARTS) is 1.